The third kappa shape index (κ3) is 1.34. The molecule has 3 bridgehead atoms. The van der Waals surface area contributed by atoms with Gasteiger partial charge in [-0.1, -0.05) is 31.9 Å². The topological polar surface area (TPSA) is 20.2 Å². The van der Waals surface area contributed by atoms with Crippen LogP contribution in [-0.2, 0) is 0 Å². The zero-order chi connectivity index (χ0) is 13.6. The summed E-state index contributed by atoms with van der Waals surface area (Å²) in [6.07, 6.45) is 17.0. The van der Waals surface area contributed by atoms with Gasteiger partial charge in [0.05, 0.1) is 5.60 Å². The molecule has 1 spiro atoms. The van der Waals surface area contributed by atoms with Crippen LogP contribution >= 0.6 is 0 Å². The van der Waals surface area contributed by atoms with Crippen LogP contribution in [0.1, 0.15) is 64.7 Å². The lowest BCUT2D eigenvalue weighted by atomic mass is 9.47. The van der Waals surface area contributed by atoms with Crippen LogP contribution in [0, 0.1) is 34.5 Å². The Bertz CT molecular complexity index is 474. The Labute approximate surface area is 122 Å². The minimum atomic E-state index is -0.324. The van der Waals surface area contributed by atoms with Crippen molar-refractivity contribution in [2.75, 3.05) is 0 Å². The average Bonchev–Trinajstić information content (AvgIpc) is 2.83. The fraction of sp³-hybridized carbons (Fsp3) is 0.895. The number of allylic oxidation sites excluding steroid dienone is 2. The standard InChI is InChI=1S/C19H28O/c1-17-9-13-4-5-14(17)8-15-16(19(20,10-13)12-17)11-18(15)6-2-3-7-18/h4-5,13-16,20H,2-3,6-12H2,1H3/t13-,14+,15+,16+,17+,19+/m0/s1. The Morgan fingerprint density at radius 3 is 2.60 bits per heavy atom. The van der Waals surface area contributed by atoms with Gasteiger partial charge in [-0.3, -0.25) is 0 Å². The smallest absolute Gasteiger partial charge is 0.0689 e. The fourth-order valence-electron chi connectivity index (χ4n) is 7.46. The summed E-state index contributed by atoms with van der Waals surface area (Å²) in [5, 5.41) is 11.5. The zero-order valence-corrected chi connectivity index (χ0v) is 12.8. The van der Waals surface area contributed by atoms with Crippen molar-refractivity contribution in [3.8, 4) is 0 Å². The van der Waals surface area contributed by atoms with Crippen molar-refractivity contribution < 1.29 is 5.11 Å². The van der Waals surface area contributed by atoms with Gasteiger partial charge in [0.1, 0.15) is 0 Å². The second-order valence-corrected chi connectivity index (χ2v) is 9.32. The maximum atomic E-state index is 11.5. The van der Waals surface area contributed by atoms with E-state index in [-0.39, 0.29) is 5.60 Å². The summed E-state index contributed by atoms with van der Waals surface area (Å²) in [6.45, 7) is 2.48. The van der Waals surface area contributed by atoms with E-state index in [4.69, 9.17) is 0 Å². The minimum Gasteiger partial charge on any atom is -0.390 e. The molecule has 5 rings (SSSR count). The molecular formula is C19H28O. The SMILES string of the molecule is C[C@]12C[C@@H]3C=C[C@@H]1C[C@@H]1[C@@H](CC14CCCC4)[C@@](O)(C3)C2. The molecule has 1 N–H and O–H groups in total. The van der Waals surface area contributed by atoms with E-state index in [2.05, 4.69) is 19.1 Å². The highest BCUT2D eigenvalue weighted by atomic mass is 16.3. The molecule has 4 saturated carbocycles. The van der Waals surface area contributed by atoms with Crippen LogP contribution in [0.4, 0.5) is 0 Å². The van der Waals surface area contributed by atoms with E-state index in [9.17, 15) is 5.11 Å². The Kier molecular flexibility index (Phi) is 2.17. The van der Waals surface area contributed by atoms with Crippen molar-refractivity contribution in [1.82, 2.24) is 0 Å². The van der Waals surface area contributed by atoms with Crippen LogP contribution < -0.4 is 0 Å². The molecule has 20 heavy (non-hydrogen) atoms. The second kappa shape index (κ2) is 3.54. The molecule has 0 amide bonds. The van der Waals surface area contributed by atoms with E-state index in [0.717, 1.165) is 24.7 Å². The largest absolute Gasteiger partial charge is 0.390 e. The molecule has 5 aliphatic rings. The molecule has 0 aromatic rings. The predicted octanol–water partition coefficient (Wildman–Crippen LogP) is 4.31. The van der Waals surface area contributed by atoms with Crippen LogP contribution in [-0.4, -0.2) is 10.7 Å². The summed E-state index contributed by atoms with van der Waals surface area (Å²) in [7, 11) is 0. The number of hydrogen-bond donors (Lipinski definition) is 1. The van der Waals surface area contributed by atoms with Gasteiger partial charge in [-0.15, -0.1) is 0 Å². The minimum absolute atomic E-state index is 0.324. The van der Waals surface area contributed by atoms with E-state index in [1.807, 2.05) is 0 Å². The van der Waals surface area contributed by atoms with Crippen LogP contribution in [0.25, 0.3) is 0 Å². The lowest BCUT2D eigenvalue weighted by Gasteiger charge is -2.60. The Morgan fingerprint density at radius 2 is 1.80 bits per heavy atom. The average molecular weight is 272 g/mol. The van der Waals surface area contributed by atoms with Gasteiger partial charge in [0.15, 0.2) is 0 Å². The van der Waals surface area contributed by atoms with Gasteiger partial charge in [-0.05, 0) is 79.4 Å². The van der Waals surface area contributed by atoms with Gasteiger partial charge in [-0.2, -0.15) is 0 Å². The Balaban J connectivity index is 1.59. The maximum Gasteiger partial charge on any atom is 0.0689 e. The third-order valence-electron chi connectivity index (χ3n) is 8.26. The second-order valence-electron chi connectivity index (χ2n) is 9.32. The van der Waals surface area contributed by atoms with E-state index in [1.165, 1.54) is 44.9 Å². The summed E-state index contributed by atoms with van der Waals surface area (Å²) in [4.78, 5) is 0. The predicted molar refractivity (Wildman–Crippen MR) is 80.1 cm³/mol. The van der Waals surface area contributed by atoms with Gasteiger partial charge < -0.3 is 5.11 Å². The van der Waals surface area contributed by atoms with Crippen molar-refractivity contribution in [2.45, 2.75) is 70.3 Å². The maximum absolute atomic E-state index is 11.5. The summed E-state index contributed by atoms with van der Waals surface area (Å²) in [6, 6.07) is 0. The van der Waals surface area contributed by atoms with Crippen LogP contribution in [0.3, 0.4) is 0 Å². The Hall–Kier alpha value is -0.300. The molecule has 0 radical (unpaired) electrons. The highest BCUT2D eigenvalue weighted by molar-refractivity contribution is 5.22. The molecule has 0 aromatic heterocycles. The normalized spacial score (nSPS) is 58.3. The summed E-state index contributed by atoms with van der Waals surface area (Å²) < 4.78 is 0. The van der Waals surface area contributed by atoms with Crippen molar-refractivity contribution in [1.29, 1.82) is 0 Å². The number of rotatable bonds is 0. The van der Waals surface area contributed by atoms with Crippen molar-refractivity contribution >= 4 is 0 Å². The molecule has 0 heterocycles. The first kappa shape index (κ1) is 12.3. The molecule has 1 heteroatoms. The van der Waals surface area contributed by atoms with Gasteiger partial charge in [0.2, 0.25) is 0 Å². The molecule has 6 atom stereocenters. The van der Waals surface area contributed by atoms with Gasteiger partial charge >= 0.3 is 0 Å². The van der Waals surface area contributed by atoms with E-state index >= 15 is 0 Å². The lowest BCUT2D eigenvalue weighted by Crippen LogP contribution is -2.58. The molecule has 4 fully saturated rings. The number of fused-ring (bicyclic) bond motifs is 5. The Morgan fingerprint density at radius 1 is 1.00 bits per heavy atom. The summed E-state index contributed by atoms with van der Waals surface area (Å²) in [5.74, 6) is 2.88. The van der Waals surface area contributed by atoms with E-state index in [0.29, 0.717) is 22.7 Å². The van der Waals surface area contributed by atoms with E-state index in [1.54, 1.807) is 0 Å². The molecule has 1 nitrogen and oxygen atoms in total. The van der Waals surface area contributed by atoms with Crippen LogP contribution in [0.5, 0.6) is 0 Å². The highest BCUT2D eigenvalue weighted by Gasteiger charge is 2.66. The molecule has 0 unspecified atom stereocenters. The molecular weight excluding hydrogens is 244 g/mol. The summed E-state index contributed by atoms with van der Waals surface area (Å²) in [5.41, 5.74) is 0.722. The van der Waals surface area contributed by atoms with Crippen molar-refractivity contribution in [3.63, 3.8) is 0 Å². The van der Waals surface area contributed by atoms with Crippen LogP contribution in [0.15, 0.2) is 12.2 Å². The number of hydrogen-bond acceptors (Lipinski definition) is 1. The quantitative estimate of drug-likeness (QED) is 0.651. The molecule has 110 valence electrons. The first-order chi connectivity index (χ1) is 9.53. The molecule has 0 aliphatic heterocycles. The van der Waals surface area contributed by atoms with Gasteiger partial charge in [0, 0.05) is 0 Å². The highest BCUT2D eigenvalue weighted by Crippen LogP contribution is 2.71. The monoisotopic (exact) mass is 272 g/mol. The van der Waals surface area contributed by atoms with Crippen molar-refractivity contribution in [2.24, 2.45) is 34.5 Å². The van der Waals surface area contributed by atoms with Gasteiger partial charge in [0.25, 0.3) is 0 Å². The fourth-order valence-corrected chi connectivity index (χ4v) is 7.46. The van der Waals surface area contributed by atoms with Crippen molar-refractivity contribution in [3.05, 3.63) is 12.2 Å². The first-order valence-corrected chi connectivity index (χ1v) is 8.94. The van der Waals surface area contributed by atoms with Crippen LogP contribution in [0.2, 0.25) is 0 Å². The molecule has 0 saturated heterocycles. The molecule has 0 aromatic carbocycles. The first-order valence-electron chi connectivity index (χ1n) is 8.94. The summed E-state index contributed by atoms with van der Waals surface area (Å²) >= 11 is 0. The van der Waals surface area contributed by atoms with E-state index < -0.39 is 0 Å². The lowest BCUT2D eigenvalue weighted by molar-refractivity contribution is -0.175. The third-order valence-corrected chi connectivity index (χ3v) is 8.26. The van der Waals surface area contributed by atoms with Gasteiger partial charge in [-0.25, -0.2) is 0 Å². The number of aliphatic hydroxyl groups is 1. The molecule has 5 aliphatic carbocycles. The zero-order valence-electron chi connectivity index (χ0n) is 12.8.